The highest BCUT2D eigenvalue weighted by Gasteiger charge is 2.26. The topological polar surface area (TPSA) is 29.3 Å². The van der Waals surface area contributed by atoms with Crippen LogP contribution in [0.4, 0.5) is 0 Å². The molecular weight excluding hydrogens is 256 g/mol. The van der Waals surface area contributed by atoms with E-state index in [-0.39, 0.29) is 0 Å². The van der Waals surface area contributed by atoms with E-state index in [0.717, 1.165) is 11.6 Å². The van der Waals surface area contributed by atoms with Crippen molar-refractivity contribution < 1.29 is 0 Å². The lowest BCUT2D eigenvalue weighted by molar-refractivity contribution is 0.114. The first kappa shape index (κ1) is 14.8. The van der Waals surface area contributed by atoms with E-state index in [9.17, 15) is 0 Å². The zero-order valence-electron chi connectivity index (χ0n) is 11.8. The SMILES string of the molecule is CCN(C1CCCCC1)C(CN)c1cccc(Cl)c1. The van der Waals surface area contributed by atoms with Gasteiger partial charge in [-0.05, 0) is 37.1 Å². The van der Waals surface area contributed by atoms with Crippen LogP contribution in [0.25, 0.3) is 0 Å². The maximum atomic E-state index is 6.12. The monoisotopic (exact) mass is 280 g/mol. The Morgan fingerprint density at radius 2 is 2.05 bits per heavy atom. The quantitative estimate of drug-likeness (QED) is 0.883. The van der Waals surface area contributed by atoms with E-state index in [4.69, 9.17) is 17.3 Å². The Labute approximate surface area is 121 Å². The van der Waals surface area contributed by atoms with Gasteiger partial charge < -0.3 is 5.73 Å². The van der Waals surface area contributed by atoms with Gasteiger partial charge in [-0.25, -0.2) is 0 Å². The minimum atomic E-state index is 0.298. The normalized spacial score (nSPS) is 18.7. The smallest absolute Gasteiger partial charge is 0.0473 e. The Hall–Kier alpha value is -0.570. The Bertz CT molecular complexity index is 388. The molecule has 1 saturated carbocycles. The fraction of sp³-hybridized carbons (Fsp3) is 0.625. The van der Waals surface area contributed by atoms with Crippen LogP contribution in [0.1, 0.15) is 50.6 Å². The molecule has 19 heavy (non-hydrogen) atoms. The zero-order valence-corrected chi connectivity index (χ0v) is 12.6. The van der Waals surface area contributed by atoms with Gasteiger partial charge in [0.05, 0.1) is 0 Å². The fourth-order valence-electron chi connectivity index (χ4n) is 3.32. The van der Waals surface area contributed by atoms with Gasteiger partial charge in [0.2, 0.25) is 0 Å². The molecular formula is C16H25ClN2. The molecule has 0 saturated heterocycles. The van der Waals surface area contributed by atoms with Crippen molar-refractivity contribution >= 4 is 11.6 Å². The summed E-state index contributed by atoms with van der Waals surface area (Å²) in [5, 5.41) is 0.802. The predicted molar refractivity (Wildman–Crippen MR) is 82.5 cm³/mol. The summed E-state index contributed by atoms with van der Waals surface area (Å²) in [6.45, 7) is 3.95. The van der Waals surface area contributed by atoms with Crippen molar-refractivity contribution in [1.82, 2.24) is 4.90 Å². The lowest BCUT2D eigenvalue weighted by atomic mass is 9.92. The molecule has 2 N–H and O–H groups in total. The lowest BCUT2D eigenvalue weighted by Gasteiger charge is -2.39. The standard InChI is InChI=1S/C16H25ClN2/c1-2-19(15-9-4-3-5-10-15)16(12-18)13-7-6-8-14(17)11-13/h6-8,11,15-16H,2-5,9-10,12,18H2,1H3. The van der Waals surface area contributed by atoms with E-state index in [1.165, 1.54) is 37.7 Å². The lowest BCUT2D eigenvalue weighted by Crippen LogP contribution is -2.42. The average molecular weight is 281 g/mol. The highest BCUT2D eigenvalue weighted by atomic mass is 35.5. The number of benzene rings is 1. The van der Waals surface area contributed by atoms with Crippen molar-refractivity contribution in [3.05, 3.63) is 34.9 Å². The van der Waals surface area contributed by atoms with Gasteiger partial charge in [-0.3, -0.25) is 4.90 Å². The third kappa shape index (κ3) is 3.71. The number of hydrogen-bond acceptors (Lipinski definition) is 2. The van der Waals surface area contributed by atoms with Crippen LogP contribution in [0.3, 0.4) is 0 Å². The van der Waals surface area contributed by atoms with E-state index in [2.05, 4.69) is 24.0 Å². The minimum Gasteiger partial charge on any atom is -0.329 e. The van der Waals surface area contributed by atoms with Crippen molar-refractivity contribution in [1.29, 1.82) is 0 Å². The molecule has 106 valence electrons. The summed E-state index contributed by atoms with van der Waals surface area (Å²) >= 11 is 6.12. The molecule has 1 aromatic carbocycles. The van der Waals surface area contributed by atoms with E-state index >= 15 is 0 Å². The number of halogens is 1. The number of nitrogens with two attached hydrogens (primary N) is 1. The van der Waals surface area contributed by atoms with E-state index in [0.29, 0.717) is 18.6 Å². The van der Waals surface area contributed by atoms with Crippen LogP contribution in [0.15, 0.2) is 24.3 Å². The van der Waals surface area contributed by atoms with Crippen LogP contribution < -0.4 is 5.73 Å². The van der Waals surface area contributed by atoms with Crippen LogP contribution >= 0.6 is 11.6 Å². The molecule has 0 aliphatic heterocycles. The molecule has 2 rings (SSSR count). The van der Waals surface area contributed by atoms with Crippen LogP contribution in [0.2, 0.25) is 5.02 Å². The molecule has 2 nitrogen and oxygen atoms in total. The summed E-state index contributed by atoms with van der Waals surface area (Å²) in [5.74, 6) is 0. The van der Waals surface area contributed by atoms with Crippen LogP contribution in [0, 0.1) is 0 Å². The second kappa shape index (κ2) is 7.28. The third-order valence-corrected chi connectivity index (χ3v) is 4.50. The second-order valence-electron chi connectivity index (χ2n) is 5.43. The maximum Gasteiger partial charge on any atom is 0.0473 e. The molecule has 0 heterocycles. The number of likely N-dealkylation sites (N-methyl/N-ethyl adjacent to an activating group) is 1. The van der Waals surface area contributed by atoms with E-state index in [1.807, 2.05) is 12.1 Å². The van der Waals surface area contributed by atoms with Crippen molar-refractivity contribution in [2.75, 3.05) is 13.1 Å². The van der Waals surface area contributed by atoms with Gasteiger partial charge in [0.1, 0.15) is 0 Å². The summed E-state index contributed by atoms with van der Waals surface area (Å²) < 4.78 is 0. The Morgan fingerprint density at radius 1 is 1.32 bits per heavy atom. The first-order valence-electron chi connectivity index (χ1n) is 7.47. The molecule has 0 bridgehead atoms. The van der Waals surface area contributed by atoms with Crippen molar-refractivity contribution in [2.45, 2.75) is 51.1 Å². The molecule has 1 unspecified atom stereocenters. The second-order valence-corrected chi connectivity index (χ2v) is 5.87. The summed E-state index contributed by atoms with van der Waals surface area (Å²) in [4.78, 5) is 2.57. The molecule has 1 aliphatic rings. The van der Waals surface area contributed by atoms with Gasteiger partial charge in [-0.15, -0.1) is 0 Å². The van der Waals surface area contributed by atoms with E-state index in [1.54, 1.807) is 0 Å². The number of nitrogens with zero attached hydrogens (tertiary/aromatic N) is 1. The van der Waals surface area contributed by atoms with Gasteiger partial charge in [0.15, 0.2) is 0 Å². The van der Waals surface area contributed by atoms with Crippen molar-refractivity contribution in [3.63, 3.8) is 0 Å². The first-order chi connectivity index (χ1) is 9.26. The largest absolute Gasteiger partial charge is 0.329 e. The van der Waals surface area contributed by atoms with Crippen LogP contribution in [-0.4, -0.2) is 24.0 Å². The molecule has 1 atom stereocenters. The maximum absolute atomic E-state index is 6.12. The van der Waals surface area contributed by atoms with Crippen LogP contribution in [-0.2, 0) is 0 Å². The van der Waals surface area contributed by atoms with E-state index < -0.39 is 0 Å². The number of hydrogen-bond donors (Lipinski definition) is 1. The minimum absolute atomic E-state index is 0.298. The Balaban J connectivity index is 2.17. The predicted octanol–water partition coefficient (Wildman–Crippen LogP) is 3.99. The molecule has 1 fully saturated rings. The fourth-order valence-corrected chi connectivity index (χ4v) is 3.52. The third-order valence-electron chi connectivity index (χ3n) is 4.27. The van der Waals surface area contributed by atoms with Crippen molar-refractivity contribution in [3.8, 4) is 0 Å². The molecule has 0 spiro atoms. The molecule has 0 amide bonds. The summed E-state index contributed by atoms with van der Waals surface area (Å²) in [6, 6.07) is 9.14. The molecule has 3 heteroatoms. The zero-order chi connectivity index (χ0) is 13.7. The van der Waals surface area contributed by atoms with Gasteiger partial charge >= 0.3 is 0 Å². The Kier molecular flexibility index (Phi) is 5.68. The van der Waals surface area contributed by atoms with Crippen LogP contribution in [0.5, 0.6) is 0 Å². The summed E-state index contributed by atoms with van der Waals surface area (Å²) in [5.41, 5.74) is 7.31. The molecule has 1 aliphatic carbocycles. The Morgan fingerprint density at radius 3 is 2.63 bits per heavy atom. The highest BCUT2D eigenvalue weighted by molar-refractivity contribution is 6.30. The van der Waals surface area contributed by atoms with Crippen molar-refractivity contribution in [2.24, 2.45) is 5.73 Å². The molecule has 0 radical (unpaired) electrons. The first-order valence-corrected chi connectivity index (χ1v) is 7.85. The summed E-state index contributed by atoms with van der Waals surface area (Å²) in [6.07, 6.45) is 6.72. The molecule has 1 aromatic rings. The van der Waals surface area contributed by atoms with Gasteiger partial charge in [0.25, 0.3) is 0 Å². The van der Waals surface area contributed by atoms with Gasteiger partial charge in [-0.1, -0.05) is 49.9 Å². The average Bonchev–Trinajstić information content (AvgIpc) is 2.45. The van der Waals surface area contributed by atoms with Gasteiger partial charge in [-0.2, -0.15) is 0 Å². The summed E-state index contributed by atoms with van der Waals surface area (Å²) in [7, 11) is 0. The van der Waals surface area contributed by atoms with Gasteiger partial charge in [0, 0.05) is 23.7 Å². The number of rotatable bonds is 5. The molecule has 0 aromatic heterocycles. The highest BCUT2D eigenvalue weighted by Crippen LogP contribution is 2.30.